The van der Waals surface area contributed by atoms with E-state index in [2.05, 4.69) is 10.2 Å². The number of carbonyl (C=O) groups is 1. The molecule has 66 valence electrons. The van der Waals surface area contributed by atoms with Crippen molar-refractivity contribution in [3.63, 3.8) is 0 Å². The van der Waals surface area contributed by atoms with E-state index in [1.165, 1.54) is 0 Å². The van der Waals surface area contributed by atoms with Gasteiger partial charge in [0, 0.05) is 13.7 Å². The summed E-state index contributed by atoms with van der Waals surface area (Å²) in [6, 6.07) is 0. The number of aliphatic carboxylic acids is 1. The summed E-state index contributed by atoms with van der Waals surface area (Å²) in [4.78, 5) is 14.8. The van der Waals surface area contributed by atoms with Crippen LogP contribution in [-0.2, 0) is 14.4 Å². The van der Waals surface area contributed by atoms with Gasteiger partial charge in [-0.3, -0.25) is 9.63 Å². The van der Waals surface area contributed by atoms with Crippen LogP contribution in [0.4, 0.5) is 0 Å². The molecule has 0 aromatic heterocycles. The minimum Gasteiger partial charge on any atom is -0.481 e. The van der Waals surface area contributed by atoms with Gasteiger partial charge in [-0.05, 0) is 0 Å². The molecule has 5 nitrogen and oxygen atoms in total. The summed E-state index contributed by atoms with van der Waals surface area (Å²) < 4.78 is 4.69. The topological polar surface area (TPSA) is 67.8 Å². The third-order valence-corrected chi connectivity index (χ3v) is 0.933. The van der Waals surface area contributed by atoms with Crippen molar-refractivity contribution in [1.29, 1.82) is 0 Å². The molecular weight excluding hydrogens is 150 g/mol. The summed E-state index contributed by atoms with van der Waals surface area (Å²) in [6.07, 6.45) is 0.0625. The van der Waals surface area contributed by atoms with Gasteiger partial charge in [-0.2, -0.15) is 0 Å². The standard InChI is InChI=1S/C6H13NO4/c1-10-4-5-11-7-3-2-6(8)9/h7H,2-5H2,1H3,(H,8,9). The molecule has 0 saturated carbocycles. The second-order valence-electron chi connectivity index (χ2n) is 1.88. The number of carboxylic acids is 1. The SMILES string of the molecule is COCCONCCC(=O)O. The number of hydrogen-bond acceptors (Lipinski definition) is 4. The molecule has 0 aliphatic carbocycles. The fraction of sp³-hybridized carbons (Fsp3) is 0.833. The van der Waals surface area contributed by atoms with Gasteiger partial charge in [-0.1, -0.05) is 0 Å². The van der Waals surface area contributed by atoms with Crippen LogP contribution in [0.3, 0.4) is 0 Å². The molecule has 0 bridgehead atoms. The number of hydrogen-bond donors (Lipinski definition) is 2. The van der Waals surface area contributed by atoms with Crippen molar-refractivity contribution in [2.75, 3.05) is 26.9 Å². The van der Waals surface area contributed by atoms with E-state index < -0.39 is 5.97 Å². The number of methoxy groups -OCH3 is 1. The molecule has 5 heteroatoms. The van der Waals surface area contributed by atoms with E-state index in [4.69, 9.17) is 9.94 Å². The zero-order valence-corrected chi connectivity index (χ0v) is 6.50. The first kappa shape index (κ1) is 10.3. The Kier molecular flexibility index (Phi) is 7.02. The highest BCUT2D eigenvalue weighted by Crippen LogP contribution is 1.76. The lowest BCUT2D eigenvalue weighted by atomic mass is 10.4. The zero-order valence-electron chi connectivity index (χ0n) is 6.50. The van der Waals surface area contributed by atoms with E-state index in [1.54, 1.807) is 7.11 Å². The zero-order chi connectivity index (χ0) is 8.53. The Balaban J connectivity index is 2.85. The molecule has 0 aromatic rings. The van der Waals surface area contributed by atoms with Crippen LogP contribution in [-0.4, -0.2) is 37.9 Å². The van der Waals surface area contributed by atoms with E-state index in [0.29, 0.717) is 19.8 Å². The van der Waals surface area contributed by atoms with Gasteiger partial charge in [-0.25, -0.2) is 5.48 Å². The molecule has 0 rings (SSSR count). The highest BCUT2D eigenvalue weighted by Gasteiger charge is 1.94. The van der Waals surface area contributed by atoms with Crippen molar-refractivity contribution in [2.24, 2.45) is 0 Å². The molecule has 11 heavy (non-hydrogen) atoms. The molecule has 0 amide bonds. The highest BCUT2D eigenvalue weighted by atomic mass is 16.7. The summed E-state index contributed by atoms with van der Waals surface area (Å²) in [7, 11) is 1.57. The number of carboxylic acid groups (broad SMARTS) is 1. The molecule has 0 heterocycles. The van der Waals surface area contributed by atoms with Crippen molar-refractivity contribution in [2.45, 2.75) is 6.42 Å². The lowest BCUT2D eigenvalue weighted by Crippen LogP contribution is -2.20. The Hall–Kier alpha value is -0.650. The fourth-order valence-electron chi connectivity index (χ4n) is 0.427. The molecule has 0 radical (unpaired) electrons. The first-order chi connectivity index (χ1) is 5.27. The second-order valence-corrected chi connectivity index (χ2v) is 1.88. The Morgan fingerprint density at radius 3 is 2.82 bits per heavy atom. The number of nitrogens with one attached hydrogen (secondary N) is 1. The summed E-state index contributed by atoms with van der Waals surface area (Å²) in [6.45, 7) is 1.25. The quantitative estimate of drug-likeness (QED) is 0.396. The number of rotatable bonds is 7. The monoisotopic (exact) mass is 163 g/mol. The van der Waals surface area contributed by atoms with Crippen LogP contribution in [0.25, 0.3) is 0 Å². The van der Waals surface area contributed by atoms with Gasteiger partial charge in [0.15, 0.2) is 0 Å². The van der Waals surface area contributed by atoms with Gasteiger partial charge in [0.25, 0.3) is 0 Å². The molecule has 0 unspecified atom stereocenters. The number of ether oxygens (including phenoxy) is 1. The lowest BCUT2D eigenvalue weighted by molar-refractivity contribution is -0.137. The molecule has 0 aliphatic rings. The normalized spacial score (nSPS) is 9.91. The molecule has 0 atom stereocenters. The van der Waals surface area contributed by atoms with Gasteiger partial charge in [0.1, 0.15) is 0 Å². The minimum absolute atomic E-state index is 0.0625. The Morgan fingerprint density at radius 1 is 1.55 bits per heavy atom. The maximum absolute atomic E-state index is 9.97. The van der Waals surface area contributed by atoms with Crippen LogP contribution >= 0.6 is 0 Å². The van der Waals surface area contributed by atoms with Crippen molar-refractivity contribution in [1.82, 2.24) is 5.48 Å². The van der Waals surface area contributed by atoms with E-state index in [0.717, 1.165) is 0 Å². The van der Waals surface area contributed by atoms with Gasteiger partial charge < -0.3 is 9.84 Å². The van der Waals surface area contributed by atoms with Gasteiger partial charge in [-0.15, -0.1) is 0 Å². The molecule has 0 spiro atoms. The summed E-state index contributed by atoms with van der Waals surface area (Å²) >= 11 is 0. The highest BCUT2D eigenvalue weighted by molar-refractivity contribution is 5.66. The third kappa shape index (κ3) is 9.35. The van der Waals surface area contributed by atoms with Crippen LogP contribution in [0.15, 0.2) is 0 Å². The molecule has 0 aliphatic heterocycles. The molecule has 0 aromatic carbocycles. The molecule has 0 saturated heterocycles. The Morgan fingerprint density at radius 2 is 2.27 bits per heavy atom. The van der Waals surface area contributed by atoms with E-state index in [-0.39, 0.29) is 6.42 Å². The maximum Gasteiger partial charge on any atom is 0.304 e. The summed E-state index contributed by atoms with van der Waals surface area (Å²) in [5, 5.41) is 8.20. The van der Waals surface area contributed by atoms with Gasteiger partial charge in [0.2, 0.25) is 0 Å². The minimum atomic E-state index is -0.840. The summed E-state index contributed by atoms with van der Waals surface area (Å²) in [5.41, 5.74) is 2.49. The van der Waals surface area contributed by atoms with Gasteiger partial charge in [0.05, 0.1) is 19.6 Å². The molecular formula is C6H13NO4. The predicted molar refractivity (Wildman–Crippen MR) is 38.1 cm³/mol. The van der Waals surface area contributed by atoms with Gasteiger partial charge >= 0.3 is 5.97 Å². The van der Waals surface area contributed by atoms with E-state index in [1.807, 2.05) is 0 Å². The maximum atomic E-state index is 9.97. The first-order valence-corrected chi connectivity index (χ1v) is 3.32. The van der Waals surface area contributed by atoms with Crippen LogP contribution in [0.1, 0.15) is 6.42 Å². The van der Waals surface area contributed by atoms with Crippen LogP contribution in [0.5, 0.6) is 0 Å². The average Bonchev–Trinajstić information content (AvgIpc) is 1.96. The Labute approximate surface area is 65.3 Å². The lowest BCUT2D eigenvalue weighted by Gasteiger charge is -2.02. The van der Waals surface area contributed by atoms with E-state index in [9.17, 15) is 4.79 Å². The molecule has 0 fully saturated rings. The largest absolute Gasteiger partial charge is 0.481 e. The second kappa shape index (κ2) is 7.46. The first-order valence-electron chi connectivity index (χ1n) is 3.32. The molecule has 2 N–H and O–H groups in total. The van der Waals surface area contributed by atoms with Crippen molar-refractivity contribution in [3.05, 3.63) is 0 Å². The predicted octanol–water partition coefficient (Wildman–Crippen LogP) is -0.371. The fourth-order valence-corrected chi connectivity index (χ4v) is 0.427. The number of hydroxylamine groups is 1. The van der Waals surface area contributed by atoms with Crippen molar-refractivity contribution >= 4 is 5.97 Å². The Bertz CT molecular complexity index is 107. The average molecular weight is 163 g/mol. The van der Waals surface area contributed by atoms with E-state index >= 15 is 0 Å². The summed E-state index contributed by atoms with van der Waals surface area (Å²) in [5.74, 6) is -0.840. The van der Waals surface area contributed by atoms with Crippen molar-refractivity contribution in [3.8, 4) is 0 Å². The van der Waals surface area contributed by atoms with Crippen molar-refractivity contribution < 1.29 is 19.5 Å². The van der Waals surface area contributed by atoms with Crippen LogP contribution < -0.4 is 5.48 Å². The smallest absolute Gasteiger partial charge is 0.304 e. The third-order valence-electron chi connectivity index (χ3n) is 0.933. The van der Waals surface area contributed by atoms with Crippen LogP contribution in [0.2, 0.25) is 0 Å². The van der Waals surface area contributed by atoms with Crippen LogP contribution in [0, 0.1) is 0 Å².